The number of carboxylic acids is 1. The van der Waals surface area contributed by atoms with Crippen LogP contribution in [0.3, 0.4) is 0 Å². The molecule has 0 saturated carbocycles. The number of halogens is 1. The van der Waals surface area contributed by atoms with E-state index in [1.54, 1.807) is 12.1 Å². The molecule has 2 heterocycles. The van der Waals surface area contributed by atoms with Gasteiger partial charge in [0.1, 0.15) is 17.0 Å². The Bertz CT molecular complexity index is 770. The number of aliphatic carboxylic acids is 1. The van der Waals surface area contributed by atoms with E-state index in [-0.39, 0.29) is 18.8 Å². The van der Waals surface area contributed by atoms with Crippen molar-refractivity contribution >= 4 is 5.97 Å². The lowest BCUT2D eigenvalue weighted by Crippen LogP contribution is -2.56. The fourth-order valence-electron chi connectivity index (χ4n) is 3.68. The van der Waals surface area contributed by atoms with Crippen molar-refractivity contribution in [3.8, 4) is 0 Å². The smallest absolute Gasteiger partial charge is 0.313 e. The van der Waals surface area contributed by atoms with Crippen LogP contribution in [-0.2, 0) is 17.8 Å². The van der Waals surface area contributed by atoms with Gasteiger partial charge in [0.05, 0.1) is 11.8 Å². The first-order chi connectivity index (χ1) is 12.3. The summed E-state index contributed by atoms with van der Waals surface area (Å²) >= 11 is 0. The molecule has 0 radical (unpaired) electrons. The largest absolute Gasteiger partial charge is 0.481 e. The van der Waals surface area contributed by atoms with Crippen molar-refractivity contribution in [2.45, 2.75) is 39.3 Å². The highest BCUT2D eigenvalue weighted by Gasteiger charge is 2.49. The van der Waals surface area contributed by atoms with Crippen molar-refractivity contribution in [3.63, 3.8) is 0 Å². The molecule has 0 spiro atoms. The van der Waals surface area contributed by atoms with Crippen LogP contribution in [0.25, 0.3) is 0 Å². The van der Waals surface area contributed by atoms with Gasteiger partial charge in [-0.25, -0.2) is 4.39 Å². The lowest BCUT2D eigenvalue weighted by molar-refractivity contribution is -0.163. The summed E-state index contributed by atoms with van der Waals surface area (Å²) in [7, 11) is 0. The Morgan fingerprint density at radius 2 is 2.08 bits per heavy atom. The maximum absolute atomic E-state index is 13.2. The maximum Gasteiger partial charge on any atom is 0.313 e. The van der Waals surface area contributed by atoms with Crippen molar-refractivity contribution in [1.82, 2.24) is 10.1 Å². The van der Waals surface area contributed by atoms with Gasteiger partial charge < -0.3 is 14.7 Å². The number of aryl methyl sites for hydroxylation is 2. The maximum atomic E-state index is 13.2. The van der Waals surface area contributed by atoms with Crippen molar-refractivity contribution in [3.05, 3.63) is 52.7 Å². The number of aromatic nitrogens is 1. The Morgan fingerprint density at radius 1 is 1.38 bits per heavy atom. The van der Waals surface area contributed by atoms with Gasteiger partial charge in [-0.05, 0) is 44.4 Å². The van der Waals surface area contributed by atoms with Crippen molar-refractivity contribution in [1.29, 1.82) is 0 Å². The van der Waals surface area contributed by atoms with Gasteiger partial charge in [-0.2, -0.15) is 0 Å². The summed E-state index contributed by atoms with van der Waals surface area (Å²) in [6.45, 7) is 4.99. The molecule has 1 aromatic carbocycles. The topological polar surface area (TPSA) is 86.8 Å². The molecule has 2 N–H and O–H groups in total. The van der Waals surface area contributed by atoms with E-state index < -0.39 is 17.5 Å². The zero-order chi connectivity index (χ0) is 18.9. The average molecular weight is 362 g/mol. The number of likely N-dealkylation sites (tertiary alicyclic amines) is 1. The van der Waals surface area contributed by atoms with E-state index in [1.807, 2.05) is 18.7 Å². The molecule has 1 aliphatic rings. The number of carbonyl (C=O) groups is 1. The molecule has 1 fully saturated rings. The highest BCUT2D eigenvalue weighted by Crippen LogP contribution is 2.35. The number of benzene rings is 1. The lowest BCUT2D eigenvalue weighted by atomic mass is 9.72. The highest BCUT2D eigenvalue weighted by molar-refractivity contribution is 5.76. The Kier molecular flexibility index (Phi) is 5.11. The van der Waals surface area contributed by atoms with E-state index in [4.69, 9.17) is 4.52 Å². The lowest BCUT2D eigenvalue weighted by Gasteiger charge is -2.43. The van der Waals surface area contributed by atoms with Crippen molar-refractivity contribution in [2.24, 2.45) is 5.41 Å². The molecule has 0 bridgehead atoms. The summed E-state index contributed by atoms with van der Waals surface area (Å²) in [5.41, 5.74) is 1.08. The van der Waals surface area contributed by atoms with Crippen molar-refractivity contribution < 1.29 is 23.9 Å². The van der Waals surface area contributed by atoms with E-state index in [0.29, 0.717) is 30.8 Å². The van der Waals surface area contributed by atoms with Crippen LogP contribution < -0.4 is 0 Å². The molecule has 1 aromatic heterocycles. The van der Waals surface area contributed by atoms with E-state index in [0.717, 1.165) is 11.3 Å². The molecule has 1 aliphatic heterocycles. The minimum atomic E-state index is -1.34. The molecule has 26 heavy (non-hydrogen) atoms. The predicted octanol–water partition coefficient (Wildman–Crippen LogP) is 2.31. The molecule has 140 valence electrons. The van der Waals surface area contributed by atoms with Crippen LogP contribution in [0.2, 0.25) is 0 Å². The van der Waals surface area contributed by atoms with Gasteiger partial charge in [0, 0.05) is 25.2 Å². The molecule has 0 aliphatic carbocycles. The standard InChI is InChI=1S/C19H23FN2O4/c1-12-16(13(2)26-21-12)10-22-8-7-17(23)19(11-22,18(24)25)9-14-3-5-15(20)6-4-14/h3-6,17,23H,7-11H2,1-2H3,(H,24,25)/t17-,19-/m1/s1. The number of nitrogens with zero attached hydrogens (tertiary/aromatic N) is 2. The van der Waals surface area contributed by atoms with Crippen LogP contribution in [0.1, 0.15) is 29.0 Å². The van der Waals surface area contributed by atoms with Gasteiger partial charge >= 0.3 is 5.97 Å². The summed E-state index contributed by atoms with van der Waals surface area (Å²) in [5, 5.41) is 24.4. The SMILES string of the molecule is Cc1noc(C)c1CN1CC[C@@H](O)[C@](Cc2ccc(F)cc2)(C(=O)O)C1. The fraction of sp³-hybridized carbons (Fsp3) is 0.474. The highest BCUT2D eigenvalue weighted by atomic mass is 19.1. The number of aliphatic hydroxyl groups excluding tert-OH is 1. The quantitative estimate of drug-likeness (QED) is 0.849. The van der Waals surface area contributed by atoms with Gasteiger partial charge in [0.15, 0.2) is 0 Å². The molecule has 2 aromatic rings. The molecule has 2 atom stereocenters. The number of rotatable bonds is 5. The van der Waals surface area contributed by atoms with Crippen LogP contribution >= 0.6 is 0 Å². The van der Waals surface area contributed by atoms with E-state index in [2.05, 4.69) is 5.16 Å². The van der Waals surface area contributed by atoms with Gasteiger partial charge in [-0.1, -0.05) is 17.3 Å². The Hall–Kier alpha value is -2.25. The van der Waals surface area contributed by atoms with Crippen LogP contribution in [0, 0.1) is 25.1 Å². The molecule has 0 unspecified atom stereocenters. The number of carboxylic acid groups (broad SMARTS) is 1. The molecule has 1 saturated heterocycles. The zero-order valence-corrected chi connectivity index (χ0v) is 14.9. The molecular formula is C19H23FN2O4. The fourth-order valence-corrected chi connectivity index (χ4v) is 3.68. The molecule has 6 nitrogen and oxygen atoms in total. The number of hydrogen-bond donors (Lipinski definition) is 2. The summed E-state index contributed by atoms with van der Waals surface area (Å²) in [4.78, 5) is 14.2. The van der Waals surface area contributed by atoms with E-state index in [9.17, 15) is 19.4 Å². The Balaban J connectivity index is 1.85. The average Bonchev–Trinajstić information content (AvgIpc) is 2.91. The summed E-state index contributed by atoms with van der Waals surface area (Å²) in [6.07, 6.45) is -0.468. The molecule has 7 heteroatoms. The minimum Gasteiger partial charge on any atom is -0.481 e. The first-order valence-corrected chi connectivity index (χ1v) is 8.62. The Labute approximate surface area is 151 Å². The van der Waals surface area contributed by atoms with Gasteiger partial charge in [0.2, 0.25) is 0 Å². The van der Waals surface area contributed by atoms with E-state index >= 15 is 0 Å². The summed E-state index contributed by atoms with van der Waals surface area (Å²) in [5.74, 6) is -0.701. The molecular weight excluding hydrogens is 339 g/mol. The van der Waals surface area contributed by atoms with Gasteiger partial charge in [-0.3, -0.25) is 9.69 Å². The predicted molar refractivity (Wildman–Crippen MR) is 92.1 cm³/mol. The second-order valence-corrected chi connectivity index (χ2v) is 7.08. The number of piperidine rings is 1. The van der Waals surface area contributed by atoms with Gasteiger partial charge in [0.25, 0.3) is 0 Å². The third-order valence-electron chi connectivity index (χ3n) is 5.28. The molecule has 0 amide bonds. The van der Waals surface area contributed by atoms with Gasteiger partial charge in [-0.15, -0.1) is 0 Å². The van der Waals surface area contributed by atoms with Crippen LogP contribution in [0.4, 0.5) is 4.39 Å². The van der Waals surface area contributed by atoms with Crippen LogP contribution in [0.5, 0.6) is 0 Å². The Morgan fingerprint density at radius 3 is 2.65 bits per heavy atom. The third-order valence-corrected chi connectivity index (χ3v) is 5.28. The van der Waals surface area contributed by atoms with Crippen LogP contribution in [0.15, 0.2) is 28.8 Å². The second kappa shape index (κ2) is 7.17. The monoisotopic (exact) mass is 362 g/mol. The van der Waals surface area contributed by atoms with Crippen LogP contribution in [-0.4, -0.2) is 45.4 Å². The first kappa shape index (κ1) is 18.5. The normalized spacial score (nSPS) is 23.9. The first-order valence-electron chi connectivity index (χ1n) is 8.62. The van der Waals surface area contributed by atoms with Crippen molar-refractivity contribution in [2.75, 3.05) is 13.1 Å². The zero-order valence-electron chi connectivity index (χ0n) is 14.9. The minimum absolute atomic E-state index is 0.141. The number of hydrogen-bond acceptors (Lipinski definition) is 5. The summed E-state index contributed by atoms with van der Waals surface area (Å²) in [6, 6.07) is 5.75. The molecule has 3 rings (SSSR count). The third kappa shape index (κ3) is 3.50. The van der Waals surface area contributed by atoms with E-state index in [1.165, 1.54) is 12.1 Å². The summed E-state index contributed by atoms with van der Waals surface area (Å²) < 4.78 is 18.3. The second-order valence-electron chi connectivity index (χ2n) is 7.08. The number of aliphatic hydroxyl groups is 1.